The molecule has 90 valence electrons. The van der Waals surface area contributed by atoms with Gasteiger partial charge in [-0.25, -0.2) is 9.59 Å². The van der Waals surface area contributed by atoms with E-state index in [9.17, 15) is 9.59 Å². The Hall–Kier alpha value is -2.08. The van der Waals surface area contributed by atoms with Crippen LogP contribution in [0.25, 0.3) is 11.0 Å². The Kier molecular flexibility index (Phi) is 2.97. The number of hydrogen-bond donors (Lipinski definition) is 2. The molecule has 0 aliphatic rings. The van der Waals surface area contributed by atoms with Gasteiger partial charge in [0.25, 0.3) is 0 Å². The molecule has 17 heavy (non-hydrogen) atoms. The number of nitrogens with one attached hydrogen (secondary N) is 1. The number of carboxylic acid groups (broad SMARTS) is 1. The largest absolute Gasteiger partial charge is 0.478 e. The second-order valence-corrected chi connectivity index (χ2v) is 3.58. The standard InChI is InChI=1S/C11H12N2O4/c1-17-6-5-13-8-4-2-3-7(10(14)15)9(8)12-11(13)16/h2-4H,5-6H2,1H3,(H,12,16)(H,14,15). The summed E-state index contributed by atoms with van der Waals surface area (Å²) in [5.41, 5.74) is 0.689. The minimum Gasteiger partial charge on any atom is -0.478 e. The topological polar surface area (TPSA) is 84.3 Å². The lowest BCUT2D eigenvalue weighted by Crippen LogP contribution is -2.18. The lowest BCUT2D eigenvalue weighted by molar-refractivity contribution is 0.0699. The van der Waals surface area contributed by atoms with Crippen molar-refractivity contribution in [1.82, 2.24) is 9.55 Å². The summed E-state index contributed by atoms with van der Waals surface area (Å²) in [7, 11) is 1.54. The Bertz CT molecular complexity index is 611. The van der Waals surface area contributed by atoms with Crippen LogP contribution in [-0.2, 0) is 11.3 Å². The summed E-state index contributed by atoms with van der Waals surface area (Å²) in [4.78, 5) is 25.2. The van der Waals surface area contributed by atoms with Crippen LogP contribution in [0.5, 0.6) is 0 Å². The molecule has 1 heterocycles. The number of imidazole rings is 1. The Morgan fingerprint density at radius 2 is 2.29 bits per heavy atom. The summed E-state index contributed by atoms with van der Waals surface area (Å²) in [5, 5.41) is 9.00. The van der Waals surface area contributed by atoms with E-state index in [1.807, 2.05) is 0 Å². The minimum atomic E-state index is -1.06. The first kappa shape index (κ1) is 11.4. The number of aromatic nitrogens is 2. The van der Waals surface area contributed by atoms with Crippen LogP contribution in [0.2, 0.25) is 0 Å². The SMILES string of the molecule is COCCn1c(=O)[nH]c2c(C(=O)O)cccc21. The van der Waals surface area contributed by atoms with Crippen molar-refractivity contribution in [2.24, 2.45) is 0 Å². The maximum Gasteiger partial charge on any atom is 0.337 e. The number of H-pyrrole nitrogens is 1. The first-order valence-electron chi connectivity index (χ1n) is 5.09. The average Bonchev–Trinajstić information content (AvgIpc) is 2.61. The molecule has 6 nitrogen and oxygen atoms in total. The smallest absolute Gasteiger partial charge is 0.337 e. The van der Waals surface area contributed by atoms with Gasteiger partial charge >= 0.3 is 11.7 Å². The van der Waals surface area contributed by atoms with Gasteiger partial charge in [0.2, 0.25) is 0 Å². The van der Waals surface area contributed by atoms with E-state index in [0.29, 0.717) is 24.2 Å². The van der Waals surface area contributed by atoms with Gasteiger partial charge < -0.3 is 14.8 Å². The van der Waals surface area contributed by atoms with E-state index in [4.69, 9.17) is 9.84 Å². The molecule has 0 radical (unpaired) electrons. The number of para-hydroxylation sites is 1. The number of rotatable bonds is 4. The number of aromatic carboxylic acids is 1. The molecule has 0 saturated carbocycles. The molecular formula is C11H12N2O4. The van der Waals surface area contributed by atoms with Crippen LogP contribution in [0, 0.1) is 0 Å². The third kappa shape index (κ3) is 1.94. The number of carbonyl (C=O) groups is 1. The fraction of sp³-hybridized carbons (Fsp3) is 0.273. The summed E-state index contributed by atoms with van der Waals surface area (Å²) >= 11 is 0. The Morgan fingerprint density at radius 1 is 1.53 bits per heavy atom. The van der Waals surface area contributed by atoms with E-state index in [1.165, 1.54) is 10.6 Å². The zero-order valence-corrected chi connectivity index (χ0v) is 9.27. The first-order valence-corrected chi connectivity index (χ1v) is 5.09. The van der Waals surface area contributed by atoms with Crippen molar-refractivity contribution in [1.29, 1.82) is 0 Å². The third-order valence-electron chi connectivity index (χ3n) is 2.56. The molecule has 2 aromatic rings. The minimum absolute atomic E-state index is 0.0933. The van der Waals surface area contributed by atoms with Gasteiger partial charge in [0.05, 0.1) is 29.7 Å². The number of hydrogen-bond acceptors (Lipinski definition) is 3. The van der Waals surface area contributed by atoms with Crippen molar-refractivity contribution in [2.45, 2.75) is 6.54 Å². The van der Waals surface area contributed by atoms with E-state index in [1.54, 1.807) is 19.2 Å². The highest BCUT2D eigenvalue weighted by Gasteiger charge is 2.13. The quantitative estimate of drug-likeness (QED) is 0.817. The molecule has 0 atom stereocenters. The highest BCUT2D eigenvalue weighted by Crippen LogP contribution is 2.15. The highest BCUT2D eigenvalue weighted by molar-refractivity contribution is 6.00. The predicted octanol–water partition coefficient (Wildman–Crippen LogP) is 0.674. The molecule has 0 fully saturated rings. The van der Waals surface area contributed by atoms with Crippen molar-refractivity contribution in [3.63, 3.8) is 0 Å². The lowest BCUT2D eigenvalue weighted by Gasteiger charge is -2.02. The van der Waals surface area contributed by atoms with Crippen LogP contribution in [0.1, 0.15) is 10.4 Å². The normalized spacial score (nSPS) is 10.9. The maximum absolute atomic E-state index is 11.7. The molecule has 0 spiro atoms. The van der Waals surface area contributed by atoms with Gasteiger partial charge in [0.1, 0.15) is 0 Å². The third-order valence-corrected chi connectivity index (χ3v) is 2.56. The Morgan fingerprint density at radius 3 is 2.94 bits per heavy atom. The van der Waals surface area contributed by atoms with Crippen LogP contribution >= 0.6 is 0 Å². The molecule has 0 unspecified atom stereocenters. The Balaban J connectivity index is 2.63. The highest BCUT2D eigenvalue weighted by atomic mass is 16.5. The summed E-state index contributed by atoms with van der Waals surface area (Å²) in [6.45, 7) is 0.780. The molecule has 0 saturated heterocycles. The van der Waals surface area contributed by atoms with Gasteiger partial charge in [-0.15, -0.1) is 0 Å². The molecule has 0 bridgehead atoms. The number of carboxylic acids is 1. The van der Waals surface area contributed by atoms with Gasteiger partial charge in [-0.2, -0.15) is 0 Å². The predicted molar refractivity (Wildman–Crippen MR) is 61.4 cm³/mol. The zero-order valence-electron chi connectivity index (χ0n) is 9.27. The summed E-state index contributed by atoms with van der Waals surface area (Å²) in [5.74, 6) is -1.06. The van der Waals surface area contributed by atoms with E-state index in [-0.39, 0.29) is 11.3 Å². The van der Waals surface area contributed by atoms with E-state index in [0.717, 1.165) is 0 Å². The molecule has 0 aliphatic heterocycles. The molecule has 2 N–H and O–H groups in total. The Labute approximate surface area is 96.4 Å². The molecule has 1 aromatic heterocycles. The maximum atomic E-state index is 11.7. The number of benzene rings is 1. The van der Waals surface area contributed by atoms with E-state index >= 15 is 0 Å². The number of aromatic amines is 1. The van der Waals surface area contributed by atoms with Crippen molar-refractivity contribution in [3.8, 4) is 0 Å². The van der Waals surface area contributed by atoms with Crippen molar-refractivity contribution in [3.05, 3.63) is 34.2 Å². The van der Waals surface area contributed by atoms with Crippen LogP contribution < -0.4 is 5.69 Å². The van der Waals surface area contributed by atoms with Gasteiger partial charge in [-0.05, 0) is 12.1 Å². The van der Waals surface area contributed by atoms with Crippen LogP contribution in [0.15, 0.2) is 23.0 Å². The molecule has 6 heteroatoms. The van der Waals surface area contributed by atoms with Crippen LogP contribution in [0.4, 0.5) is 0 Å². The monoisotopic (exact) mass is 236 g/mol. The van der Waals surface area contributed by atoms with Gasteiger partial charge in [0, 0.05) is 7.11 Å². The van der Waals surface area contributed by atoms with Crippen molar-refractivity contribution < 1.29 is 14.6 Å². The second kappa shape index (κ2) is 4.42. The number of nitrogens with zero attached hydrogens (tertiary/aromatic N) is 1. The van der Waals surface area contributed by atoms with E-state index < -0.39 is 5.97 Å². The zero-order chi connectivity index (χ0) is 12.4. The van der Waals surface area contributed by atoms with Crippen molar-refractivity contribution >= 4 is 17.0 Å². The van der Waals surface area contributed by atoms with Gasteiger partial charge in [-0.1, -0.05) is 6.07 Å². The van der Waals surface area contributed by atoms with Gasteiger partial charge in [-0.3, -0.25) is 4.57 Å². The molecule has 1 aromatic carbocycles. The summed E-state index contributed by atoms with van der Waals surface area (Å²) in [6.07, 6.45) is 0. The summed E-state index contributed by atoms with van der Waals surface area (Å²) in [6, 6.07) is 4.78. The average molecular weight is 236 g/mol. The number of ether oxygens (including phenoxy) is 1. The molecule has 0 amide bonds. The fourth-order valence-corrected chi connectivity index (χ4v) is 1.76. The fourth-order valence-electron chi connectivity index (χ4n) is 1.76. The second-order valence-electron chi connectivity index (χ2n) is 3.58. The van der Waals surface area contributed by atoms with E-state index in [2.05, 4.69) is 4.98 Å². The van der Waals surface area contributed by atoms with Crippen LogP contribution in [0.3, 0.4) is 0 Å². The lowest BCUT2D eigenvalue weighted by atomic mass is 10.2. The molecule has 0 aliphatic carbocycles. The summed E-state index contributed by atoms with van der Waals surface area (Å²) < 4.78 is 6.37. The molecule has 2 rings (SSSR count). The first-order chi connectivity index (χ1) is 8.15. The van der Waals surface area contributed by atoms with Crippen LogP contribution in [-0.4, -0.2) is 34.3 Å². The van der Waals surface area contributed by atoms with Gasteiger partial charge in [0.15, 0.2) is 0 Å². The number of methoxy groups -OCH3 is 1. The number of fused-ring (bicyclic) bond motifs is 1. The molecular weight excluding hydrogens is 224 g/mol. The van der Waals surface area contributed by atoms with Crippen molar-refractivity contribution in [2.75, 3.05) is 13.7 Å².